The molecule has 0 unspecified atom stereocenters. The van der Waals surface area contributed by atoms with Crippen molar-refractivity contribution in [2.24, 2.45) is 5.73 Å². The third kappa shape index (κ3) is 6.28. The third-order valence-corrected chi connectivity index (χ3v) is 2.33. The molecule has 0 aliphatic rings. The first-order valence-corrected chi connectivity index (χ1v) is 5.54. The lowest BCUT2D eigenvalue weighted by Gasteiger charge is -2.23. The highest BCUT2D eigenvalue weighted by Gasteiger charge is 2.30. The van der Waals surface area contributed by atoms with Crippen molar-refractivity contribution >= 4 is 0 Å². The molecule has 1 rings (SSSR count). The maximum Gasteiger partial charge on any atom is 0.401 e. The van der Waals surface area contributed by atoms with Crippen LogP contribution in [0.5, 0.6) is 0 Å². The zero-order chi connectivity index (χ0) is 12.7. The summed E-state index contributed by atoms with van der Waals surface area (Å²) in [5.74, 6) is 0. The minimum Gasteiger partial charge on any atom is -0.330 e. The minimum absolute atomic E-state index is 0.306. The van der Waals surface area contributed by atoms with Crippen molar-refractivity contribution in [1.82, 2.24) is 4.90 Å². The van der Waals surface area contributed by atoms with E-state index in [-0.39, 0.29) is 0 Å². The van der Waals surface area contributed by atoms with Gasteiger partial charge in [-0.1, -0.05) is 30.3 Å². The molecule has 0 amide bonds. The molecule has 0 fully saturated rings. The maximum absolute atomic E-state index is 12.4. The summed E-state index contributed by atoms with van der Waals surface area (Å²) in [5, 5.41) is 0. The van der Waals surface area contributed by atoms with Gasteiger partial charge in [0.05, 0.1) is 6.54 Å². The Balaban J connectivity index is 2.57. The highest BCUT2D eigenvalue weighted by Crippen LogP contribution is 2.18. The van der Waals surface area contributed by atoms with Gasteiger partial charge in [-0.05, 0) is 18.5 Å². The lowest BCUT2D eigenvalue weighted by atomic mass is 10.2. The molecule has 0 aromatic heterocycles. The van der Waals surface area contributed by atoms with Gasteiger partial charge in [0, 0.05) is 13.1 Å². The van der Waals surface area contributed by atoms with Crippen LogP contribution in [0.1, 0.15) is 12.0 Å². The maximum atomic E-state index is 12.4. The van der Waals surface area contributed by atoms with Crippen molar-refractivity contribution < 1.29 is 13.2 Å². The van der Waals surface area contributed by atoms with E-state index in [1.807, 2.05) is 30.3 Å². The molecule has 0 bridgehead atoms. The number of benzene rings is 1. The smallest absolute Gasteiger partial charge is 0.330 e. The van der Waals surface area contributed by atoms with Crippen LogP contribution in [0.25, 0.3) is 0 Å². The molecule has 0 heterocycles. The van der Waals surface area contributed by atoms with E-state index in [0.717, 1.165) is 5.56 Å². The molecular weight excluding hydrogens is 229 g/mol. The van der Waals surface area contributed by atoms with E-state index in [2.05, 4.69) is 0 Å². The lowest BCUT2D eigenvalue weighted by molar-refractivity contribution is -0.147. The molecule has 2 N–H and O–H groups in total. The van der Waals surface area contributed by atoms with Crippen LogP contribution >= 0.6 is 0 Å². The summed E-state index contributed by atoms with van der Waals surface area (Å²) in [4.78, 5) is 1.38. The van der Waals surface area contributed by atoms with E-state index >= 15 is 0 Å². The van der Waals surface area contributed by atoms with Crippen molar-refractivity contribution in [2.45, 2.75) is 19.1 Å². The van der Waals surface area contributed by atoms with Crippen LogP contribution in [0.2, 0.25) is 0 Å². The zero-order valence-corrected chi connectivity index (χ0v) is 9.58. The minimum atomic E-state index is -4.16. The molecule has 0 aliphatic heterocycles. The molecule has 17 heavy (non-hydrogen) atoms. The molecule has 0 atom stereocenters. The number of alkyl halides is 3. The van der Waals surface area contributed by atoms with Gasteiger partial charge in [-0.15, -0.1) is 0 Å². The van der Waals surface area contributed by atoms with Crippen LogP contribution in [0, 0.1) is 0 Å². The number of rotatable bonds is 6. The Labute approximate surface area is 99.2 Å². The summed E-state index contributed by atoms with van der Waals surface area (Å²) < 4.78 is 37.1. The summed E-state index contributed by atoms with van der Waals surface area (Å²) in [7, 11) is 0. The van der Waals surface area contributed by atoms with Gasteiger partial charge in [-0.2, -0.15) is 13.2 Å². The second-order valence-corrected chi connectivity index (χ2v) is 3.95. The van der Waals surface area contributed by atoms with Crippen molar-refractivity contribution in [3.63, 3.8) is 0 Å². The second-order valence-electron chi connectivity index (χ2n) is 3.95. The third-order valence-electron chi connectivity index (χ3n) is 2.33. The molecule has 0 spiro atoms. The van der Waals surface area contributed by atoms with Crippen LogP contribution in [0.4, 0.5) is 13.2 Å². The molecule has 2 nitrogen and oxygen atoms in total. The zero-order valence-electron chi connectivity index (χ0n) is 9.58. The van der Waals surface area contributed by atoms with E-state index in [4.69, 9.17) is 5.73 Å². The molecular formula is C12H17F3N2. The van der Waals surface area contributed by atoms with Crippen molar-refractivity contribution in [2.75, 3.05) is 19.6 Å². The Bertz CT molecular complexity index is 311. The highest BCUT2D eigenvalue weighted by atomic mass is 19.4. The van der Waals surface area contributed by atoms with E-state index < -0.39 is 12.7 Å². The lowest BCUT2D eigenvalue weighted by Crippen LogP contribution is -2.35. The monoisotopic (exact) mass is 246 g/mol. The summed E-state index contributed by atoms with van der Waals surface area (Å²) >= 11 is 0. The number of hydrogen-bond acceptors (Lipinski definition) is 2. The van der Waals surface area contributed by atoms with Crippen LogP contribution in [0.3, 0.4) is 0 Å². The molecule has 0 saturated carbocycles. The van der Waals surface area contributed by atoms with E-state index in [1.165, 1.54) is 4.90 Å². The Hall–Kier alpha value is -1.07. The van der Waals surface area contributed by atoms with Crippen molar-refractivity contribution in [1.29, 1.82) is 0 Å². The van der Waals surface area contributed by atoms with Crippen molar-refractivity contribution in [3.05, 3.63) is 35.9 Å². The Morgan fingerprint density at radius 1 is 1.12 bits per heavy atom. The fraction of sp³-hybridized carbons (Fsp3) is 0.500. The van der Waals surface area contributed by atoms with Gasteiger partial charge < -0.3 is 5.73 Å². The van der Waals surface area contributed by atoms with Gasteiger partial charge in [0.1, 0.15) is 0 Å². The molecule has 5 heteroatoms. The number of nitrogens with zero attached hydrogens (tertiary/aromatic N) is 1. The standard InChI is InChI=1S/C12H17F3N2/c13-12(14,15)10-17(8-4-7-16)9-11-5-2-1-3-6-11/h1-3,5-6H,4,7-10,16H2. The normalized spacial score (nSPS) is 12.1. The quantitative estimate of drug-likeness (QED) is 0.835. The van der Waals surface area contributed by atoms with Crippen molar-refractivity contribution in [3.8, 4) is 0 Å². The molecule has 0 radical (unpaired) electrons. The second kappa shape index (κ2) is 6.61. The first-order valence-electron chi connectivity index (χ1n) is 5.54. The fourth-order valence-electron chi connectivity index (χ4n) is 1.62. The first-order chi connectivity index (χ1) is 8.01. The van der Waals surface area contributed by atoms with Gasteiger partial charge >= 0.3 is 6.18 Å². The van der Waals surface area contributed by atoms with E-state index in [9.17, 15) is 13.2 Å². The first kappa shape index (κ1) is 14.0. The SMILES string of the molecule is NCCCN(Cc1ccccc1)CC(F)(F)F. The number of nitrogens with two attached hydrogens (primary N) is 1. The van der Waals surface area contributed by atoms with Gasteiger partial charge in [0.2, 0.25) is 0 Å². The summed E-state index contributed by atoms with van der Waals surface area (Å²) in [6.45, 7) is 0.191. The molecule has 0 saturated heterocycles. The van der Waals surface area contributed by atoms with Gasteiger partial charge in [-0.3, -0.25) is 4.90 Å². The molecule has 1 aromatic carbocycles. The average Bonchev–Trinajstić information content (AvgIpc) is 2.25. The average molecular weight is 246 g/mol. The molecule has 1 aromatic rings. The topological polar surface area (TPSA) is 29.3 Å². The molecule has 96 valence electrons. The van der Waals surface area contributed by atoms with Crippen LogP contribution in [-0.4, -0.2) is 30.7 Å². The number of halogens is 3. The van der Waals surface area contributed by atoms with E-state index in [1.54, 1.807) is 0 Å². The van der Waals surface area contributed by atoms with Gasteiger partial charge in [0.25, 0.3) is 0 Å². The highest BCUT2D eigenvalue weighted by molar-refractivity contribution is 5.14. The Morgan fingerprint density at radius 3 is 2.29 bits per heavy atom. The Morgan fingerprint density at radius 2 is 1.76 bits per heavy atom. The number of hydrogen-bond donors (Lipinski definition) is 1. The Kier molecular flexibility index (Phi) is 5.44. The van der Waals surface area contributed by atoms with Crippen LogP contribution < -0.4 is 5.73 Å². The van der Waals surface area contributed by atoms with Crippen LogP contribution in [0.15, 0.2) is 30.3 Å². The summed E-state index contributed by atoms with van der Waals surface area (Å²) in [5.41, 5.74) is 6.21. The summed E-state index contributed by atoms with van der Waals surface area (Å²) in [6.07, 6.45) is -3.59. The van der Waals surface area contributed by atoms with Gasteiger partial charge in [-0.25, -0.2) is 0 Å². The van der Waals surface area contributed by atoms with E-state index in [0.29, 0.717) is 26.1 Å². The predicted molar refractivity (Wildman–Crippen MR) is 61.4 cm³/mol. The predicted octanol–water partition coefficient (Wildman–Crippen LogP) is 2.40. The van der Waals surface area contributed by atoms with Crippen LogP contribution in [-0.2, 0) is 6.54 Å². The van der Waals surface area contributed by atoms with Gasteiger partial charge in [0.15, 0.2) is 0 Å². The largest absolute Gasteiger partial charge is 0.401 e. The molecule has 0 aliphatic carbocycles. The fourth-order valence-corrected chi connectivity index (χ4v) is 1.62. The summed E-state index contributed by atoms with van der Waals surface area (Å²) in [6, 6.07) is 9.14.